The highest BCUT2D eigenvalue weighted by Crippen LogP contribution is 2.18. The molecule has 0 atom stereocenters. The van der Waals surface area contributed by atoms with Crippen LogP contribution in [0.4, 0.5) is 5.69 Å². The van der Waals surface area contributed by atoms with Crippen LogP contribution >= 0.6 is 0 Å². The molecule has 3 rings (SSSR count). The topological polar surface area (TPSA) is 68.3 Å². The number of hydrogen-bond acceptors (Lipinski definition) is 3. The van der Waals surface area contributed by atoms with Crippen LogP contribution in [0.1, 0.15) is 5.56 Å². The summed E-state index contributed by atoms with van der Waals surface area (Å²) >= 11 is 0. The third-order valence-electron chi connectivity index (χ3n) is 2.80. The Morgan fingerprint density at radius 3 is 3.00 bits per heavy atom. The lowest BCUT2D eigenvalue weighted by Gasteiger charge is -2.10. The van der Waals surface area contributed by atoms with Gasteiger partial charge in [0.05, 0.1) is 11.0 Å². The monoisotopic (exact) mass is 211 g/mol. The number of nitrogens with two attached hydrogens (primary N) is 1. The van der Waals surface area contributed by atoms with Crippen molar-refractivity contribution in [1.82, 2.24) is 4.98 Å². The Kier molecular flexibility index (Phi) is 1.77. The molecule has 16 heavy (non-hydrogen) atoms. The quantitative estimate of drug-likeness (QED) is 0.669. The second-order valence-electron chi connectivity index (χ2n) is 3.77. The van der Waals surface area contributed by atoms with Crippen molar-refractivity contribution in [2.24, 2.45) is 10.7 Å². The zero-order valence-electron chi connectivity index (χ0n) is 8.47. The minimum Gasteiger partial charge on any atom is -0.366 e. The van der Waals surface area contributed by atoms with Gasteiger partial charge in [-0.25, -0.2) is 0 Å². The van der Waals surface area contributed by atoms with Gasteiger partial charge in [-0.15, -0.1) is 0 Å². The Morgan fingerprint density at radius 1 is 1.31 bits per heavy atom. The first-order valence-corrected chi connectivity index (χ1v) is 4.98. The molecule has 0 aromatic carbocycles. The molecule has 2 N–H and O–H groups in total. The average Bonchev–Trinajstić information content (AvgIpc) is 2.76. The molecular formula is C12H9N3O. The summed E-state index contributed by atoms with van der Waals surface area (Å²) in [5.74, 6) is -0.384. The highest BCUT2D eigenvalue weighted by Gasteiger charge is 2.16. The van der Waals surface area contributed by atoms with Gasteiger partial charge in [0.15, 0.2) is 0 Å². The summed E-state index contributed by atoms with van der Waals surface area (Å²) < 4.78 is 0. The first-order chi connectivity index (χ1) is 7.75. The number of fused-ring (bicyclic) bond motifs is 3. The molecule has 0 saturated carbocycles. The van der Waals surface area contributed by atoms with Crippen molar-refractivity contribution in [1.29, 1.82) is 0 Å². The van der Waals surface area contributed by atoms with E-state index in [9.17, 15) is 4.79 Å². The van der Waals surface area contributed by atoms with Crippen molar-refractivity contribution in [3.63, 3.8) is 0 Å². The fourth-order valence-corrected chi connectivity index (χ4v) is 1.96. The molecule has 1 aromatic rings. The number of pyridine rings is 1. The van der Waals surface area contributed by atoms with Gasteiger partial charge in [0.25, 0.3) is 0 Å². The van der Waals surface area contributed by atoms with E-state index in [0.717, 1.165) is 21.8 Å². The van der Waals surface area contributed by atoms with Gasteiger partial charge in [-0.2, -0.15) is 0 Å². The summed E-state index contributed by atoms with van der Waals surface area (Å²) in [5.41, 5.74) is 7.77. The van der Waals surface area contributed by atoms with E-state index in [4.69, 9.17) is 5.73 Å². The number of carbonyl (C=O) groups excluding carboxylic acids is 1. The van der Waals surface area contributed by atoms with Crippen molar-refractivity contribution in [3.8, 4) is 0 Å². The van der Waals surface area contributed by atoms with E-state index in [2.05, 4.69) is 9.98 Å². The zero-order valence-corrected chi connectivity index (χ0v) is 8.47. The number of allylic oxidation sites excluding steroid dienone is 1. The number of hydrogen-bond donors (Lipinski definition) is 1. The normalized spacial score (nSPS) is 15.6. The molecule has 1 aliphatic heterocycles. The maximum Gasteiger partial charge on any atom is 0.244 e. The number of primary amides is 1. The predicted molar refractivity (Wildman–Crippen MR) is 61.6 cm³/mol. The van der Waals surface area contributed by atoms with Crippen LogP contribution in [-0.4, -0.2) is 17.1 Å². The van der Waals surface area contributed by atoms with E-state index in [1.54, 1.807) is 18.5 Å². The van der Waals surface area contributed by atoms with Crippen molar-refractivity contribution < 1.29 is 4.79 Å². The molecule has 2 aliphatic rings. The number of amides is 1. The third-order valence-corrected chi connectivity index (χ3v) is 2.80. The summed E-state index contributed by atoms with van der Waals surface area (Å²) in [5, 5.41) is 1.87. The van der Waals surface area contributed by atoms with Gasteiger partial charge in [0, 0.05) is 35.2 Å². The van der Waals surface area contributed by atoms with Gasteiger partial charge in [-0.3, -0.25) is 14.8 Å². The lowest BCUT2D eigenvalue weighted by Crippen LogP contribution is -2.26. The van der Waals surface area contributed by atoms with E-state index < -0.39 is 0 Å². The van der Waals surface area contributed by atoms with Crippen molar-refractivity contribution in [2.75, 3.05) is 0 Å². The van der Waals surface area contributed by atoms with Crippen molar-refractivity contribution in [2.45, 2.75) is 6.42 Å². The van der Waals surface area contributed by atoms with Crippen LogP contribution in [0.5, 0.6) is 0 Å². The van der Waals surface area contributed by atoms with Crippen LogP contribution in [0.25, 0.3) is 12.2 Å². The van der Waals surface area contributed by atoms with Gasteiger partial charge >= 0.3 is 0 Å². The number of rotatable bonds is 1. The molecular weight excluding hydrogens is 202 g/mol. The Morgan fingerprint density at radius 2 is 2.19 bits per heavy atom. The van der Waals surface area contributed by atoms with Gasteiger partial charge in [0.1, 0.15) is 0 Å². The highest BCUT2D eigenvalue weighted by atomic mass is 16.1. The Bertz CT molecular complexity index is 668. The van der Waals surface area contributed by atoms with E-state index >= 15 is 0 Å². The first kappa shape index (κ1) is 9.03. The fraction of sp³-hybridized carbons (Fsp3) is 0.0833. The van der Waals surface area contributed by atoms with Gasteiger partial charge in [-0.05, 0) is 12.2 Å². The molecule has 1 amide bonds. The lowest BCUT2D eigenvalue weighted by molar-refractivity contribution is -0.114. The minimum atomic E-state index is -0.384. The molecule has 2 heterocycles. The first-order valence-electron chi connectivity index (χ1n) is 4.98. The maximum absolute atomic E-state index is 11.1. The molecule has 0 unspecified atom stereocenters. The standard InChI is InChI=1S/C12H9N3O/c13-12(16)7-1-2-10-9(5-7)11-8(6-15-10)3-4-14-11/h1-4,6H,5H2,(H2,13,16). The van der Waals surface area contributed by atoms with Gasteiger partial charge in [-0.1, -0.05) is 6.08 Å². The van der Waals surface area contributed by atoms with Crippen LogP contribution in [-0.2, 0) is 11.2 Å². The van der Waals surface area contributed by atoms with Gasteiger partial charge < -0.3 is 5.73 Å². The Hall–Kier alpha value is -2.23. The van der Waals surface area contributed by atoms with E-state index in [-0.39, 0.29) is 5.91 Å². The molecule has 0 saturated heterocycles. The van der Waals surface area contributed by atoms with E-state index in [0.29, 0.717) is 12.0 Å². The predicted octanol–water partition coefficient (Wildman–Crippen LogP) is -0.674. The van der Waals surface area contributed by atoms with Crippen LogP contribution in [0.15, 0.2) is 22.8 Å². The molecule has 0 spiro atoms. The van der Waals surface area contributed by atoms with Crippen molar-refractivity contribution in [3.05, 3.63) is 34.0 Å². The van der Waals surface area contributed by atoms with Gasteiger partial charge in [0.2, 0.25) is 5.91 Å². The average molecular weight is 211 g/mol. The Labute approximate surface area is 91.5 Å². The summed E-state index contributed by atoms with van der Waals surface area (Å²) in [7, 11) is 0. The van der Waals surface area contributed by atoms with Crippen LogP contribution in [0, 0.1) is 0 Å². The summed E-state index contributed by atoms with van der Waals surface area (Å²) in [6.45, 7) is 0. The largest absolute Gasteiger partial charge is 0.366 e. The lowest BCUT2D eigenvalue weighted by atomic mass is 9.98. The zero-order chi connectivity index (χ0) is 11.1. The number of carbonyl (C=O) groups is 1. The molecule has 1 aromatic heterocycles. The van der Waals surface area contributed by atoms with Crippen LogP contribution < -0.4 is 16.3 Å². The maximum atomic E-state index is 11.1. The van der Waals surface area contributed by atoms with E-state index in [1.807, 2.05) is 12.2 Å². The highest BCUT2D eigenvalue weighted by molar-refractivity contribution is 5.98. The number of aromatic nitrogens is 1. The smallest absolute Gasteiger partial charge is 0.244 e. The third kappa shape index (κ3) is 1.20. The molecule has 1 aliphatic carbocycles. The van der Waals surface area contributed by atoms with Crippen LogP contribution in [0.3, 0.4) is 0 Å². The SMILES string of the molecule is NC(=O)C1=CC=c2ncc3c(c2C1)N=CC=3. The molecule has 0 fully saturated rings. The molecule has 78 valence electrons. The van der Waals surface area contributed by atoms with Crippen LogP contribution in [0.2, 0.25) is 0 Å². The van der Waals surface area contributed by atoms with Crippen molar-refractivity contribution >= 4 is 30.0 Å². The second-order valence-corrected chi connectivity index (χ2v) is 3.77. The molecule has 4 heteroatoms. The van der Waals surface area contributed by atoms with E-state index in [1.165, 1.54) is 0 Å². The summed E-state index contributed by atoms with van der Waals surface area (Å²) in [6, 6.07) is 0. The fourth-order valence-electron chi connectivity index (χ4n) is 1.96. The number of aliphatic imine (C=N–C) groups is 1. The summed E-state index contributed by atoms with van der Waals surface area (Å²) in [4.78, 5) is 19.7. The molecule has 0 radical (unpaired) electrons. The minimum absolute atomic E-state index is 0.384. The summed E-state index contributed by atoms with van der Waals surface area (Å²) in [6.07, 6.45) is 9.50. The Balaban J connectivity index is 2.25. The molecule has 0 bridgehead atoms. The number of nitrogens with zero attached hydrogens (tertiary/aromatic N) is 2. The second kappa shape index (κ2) is 3.13. The molecule has 4 nitrogen and oxygen atoms in total.